The number of nitrogens with one attached hydrogen (secondary N) is 6. The molecule has 0 saturated heterocycles. The molecule has 572 valence electrons. The van der Waals surface area contributed by atoms with Gasteiger partial charge >= 0.3 is 0 Å². The number of aromatic nitrogens is 5. The first kappa shape index (κ1) is 78.1. The molecule has 5 amide bonds. The van der Waals surface area contributed by atoms with Gasteiger partial charge in [0.25, 0.3) is 29.5 Å². The molecule has 0 bridgehead atoms. The van der Waals surface area contributed by atoms with E-state index in [0.29, 0.717) is 64.1 Å². The zero-order valence-corrected chi connectivity index (χ0v) is 62.8. The summed E-state index contributed by atoms with van der Waals surface area (Å²) < 4.78 is 44.4. The van der Waals surface area contributed by atoms with Crippen LogP contribution in [0.25, 0.3) is 0 Å². The lowest BCUT2D eigenvalue weighted by molar-refractivity contribution is 0.0821. The number of halogens is 2. The van der Waals surface area contributed by atoms with E-state index < -0.39 is 12.1 Å². The Morgan fingerprint density at radius 3 is 1.31 bits per heavy atom. The van der Waals surface area contributed by atoms with Crippen LogP contribution in [0.15, 0.2) is 186 Å². The van der Waals surface area contributed by atoms with E-state index in [1.165, 1.54) is 12.1 Å². The van der Waals surface area contributed by atoms with Crippen LogP contribution in [0.4, 0.5) is 10.1 Å². The number of aryl methyl sites for hydroxylation is 5. The number of fused-ring (bicyclic) bond motifs is 5. The summed E-state index contributed by atoms with van der Waals surface area (Å²) in [5.74, 6) is 4.68. The molecule has 2 unspecified atom stereocenters. The highest BCUT2D eigenvalue weighted by Crippen LogP contribution is 2.34. The number of nitrogens with zero attached hydrogens (tertiary/aromatic N) is 5. The second-order valence-corrected chi connectivity index (χ2v) is 28.6. The molecule has 5 atom stereocenters. The molecule has 0 saturated carbocycles. The number of hydrogen-bond acceptors (Lipinski definition) is 18. The quantitative estimate of drug-likeness (QED) is 0.0393. The summed E-state index contributed by atoms with van der Waals surface area (Å²) in [6, 6.07) is 49.0. The lowest BCUT2D eigenvalue weighted by Gasteiger charge is -2.25. The average molecular weight is 1510 g/mol. The first-order valence-electron chi connectivity index (χ1n) is 37.6. The Morgan fingerprint density at radius 1 is 0.464 bits per heavy atom. The van der Waals surface area contributed by atoms with Crippen molar-refractivity contribution in [3.63, 3.8) is 0 Å². The number of rotatable bonds is 18. The lowest BCUT2D eigenvalue weighted by atomic mass is 9.88. The Balaban J connectivity index is 0.000000129. The highest BCUT2D eigenvalue weighted by Gasteiger charge is 2.33. The number of ether oxygens (including phenoxy) is 1. The number of carbonyl (C=O) groups excluding carboxylic acids is 5. The van der Waals surface area contributed by atoms with Gasteiger partial charge in [0.15, 0.2) is 28.5 Å². The highest BCUT2D eigenvalue weighted by atomic mass is 35.5. The van der Waals surface area contributed by atoms with E-state index in [9.17, 15) is 33.5 Å². The highest BCUT2D eigenvalue weighted by molar-refractivity contribution is 6.33. The van der Waals surface area contributed by atoms with E-state index in [1.54, 1.807) is 31.4 Å². The predicted molar refractivity (Wildman–Crippen MR) is 409 cm³/mol. The molecule has 6 aromatic carbocycles. The molecule has 7 N–H and O–H groups in total. The second-order valence-electron chi connectivity index (χ2n) is 28.2. The van der Waals surface area contributed by atoms with Crippen molar-refractivity contribution in [3.8, 4) is 5.75 Å². The van der Waals surface area contributed by atoms with E-state index in [4.69, 9.17) is 39.0 Å². The van der Waals surface area contributed by atoms with Crippen LogP contribution in [0.3, 0.4) is 0 Å². The molecular weight excluding hydrogens is 1420 g/mol. The zero-order valence-electron chi connectivity index (χ0n) is 62.0. The Hall–Kier alpha value is -11.5. The van der Waals surface area contributed by atoms with Crippen LogP contribution in [-0.4, -0.2) is 67.5 Å². The molecule has 0 spiro atoms. The molecule has 16 rings (SSSR count). The number of carbonyl (C=O) groups is 5. The molecule has 11 aromatic rings. The number of aliphatic hydroxyl groups excluding tert-OH is 1. The Morgan fingerprint density at radius 2 is 0.845 bits per heavy atom. The SMILES string of the molecule is CC1CCc2onc(C(=O)NNc3ccccc3Cl)c2C1.COc1ccc(CNC(=O)c2noc3c2CC(C)CC3)cc1.C[C@@H](NC(=O)c1noc2c1CCCC2)c1ccccc1.O=C(NCc1ccc(F)cc1)c1noc2c1CCCC2.O=C(N[C@H](c1ccccc1)[C@@H](O)c1ccccc1)c1noc2c1CCCC2. The van der Waals surface area contributed by atoms with Crippen LogP contribution < -0.4 is 36.9 Å². The minimum atomic E-state index is -0.875. The number of methoxy groups -OCH3 is 1. The third-order valence-electron chi connectivity index (χ3n) is 20.2. The molecule has 0 aliphatic heterocycles. The fraction of sp³-hybridized carbons (Fsp3) is 0.341. The van der Waals surface area contributed by atoms with Crippen molar-refractivity contribution in [3.05, 3.63) is 288 Å². The molecule has 5 aliphatic rings. The normalized spacial score (nSPS) is 15.8. The Labute approximate surface area is 642 Å². The third-order valence-corrected chi connectivity index (χ3v) is 20.5. The lowest BCUT2D eigenvalue weighted by Crippen LogP contribution is -2.33. The third kappa shape index (κ3) is 20.2. The topological polar surface area (TPSA) is 317 Å². The molecule has 25 heteroatoms. The van der Waals surface area contributed by atoms with Gasteiger partial charge in [-0.25, -0.2) is 4.39 Å². The van der Waals surface area contributed by atoms with Gasteiger partial charge in [-0.05, 0) is 166 Å². The number of anilines is 1. The molecule has 5 heterocycles. The molecule has 0 radical (unpaired) electrons. The smallest absolute Gasteiger partial charge is 0.292 e. The molecular formula is C85H91ClFN11O12. The van der Waals surface area contributed by atoms with Crippen LogP contribution >= 0.6 is 11.6 Å². The number of aliphatic hydroxyl groups is 1. The second kappa shape index (κ2) is 38.0. The largest absolute Gasteiger partial charge is 0.497 e. The van der Waals surface area contributed by atoms with Gasteiger partial charge in [0.2, 0.25) is 0 Å². The number of hydrogen-bond donors (Lipinski definition) is 7. The summed E-state index contributed by atoms with van der Waals surface area (Å²) in [6.07, 6.45) is 16.3. The first-order chi connectivity index (χ1) is 53.5. The standard InChI is InChI=1S/C22H22N2O3.C17H20N2O3.C16H18N2O2.C15H16ClN3O2.C15H15FN2O2/c25-21(16-11-5-2-6-12-16)19(15-9-3-1-4-10-15)23-22(26)20-17-13-7-8-14-18(17)27-24-20;1-11-3-8-15-14(9-11)16(19-22-15)17(20)18-10-12-4-6-13(21-2)7-5-12;1-11(12-7-3-2-4-8-12)17-16(19)15-13-9-5-6-10-14(13)20-18-15;1-9-6-7-13-10(8-9)14(19-21-13)15(20)18-17-12-5-3-2-4-11(12)16;16-11-7-5-10(6-8-11)9-17-15(19)14-12-3-1-2-4-13(12)20-18-14/h1-6,9-12,19,21,25H,7-8,13-14H2,(H,23,26);4-7,11H,3,8-10H2,1-2H3,(H,18,20);2-4,7-8,11H,5-6,9-10H2,1H3,(H,17,19);2-5,9,17H,6-8H2,1H3,(H,18,20);5-8H,1-4,9H2,(H,17,19)/t19-,21+;;11-;;/m1.1../s1. The van der Waals surface area contributed by atoms with Gasteiger partial charge in [-0.3, -0.25) is 34.8 Å². The van der Waals surface area contributed by atoms with Gasteiger partial charge < -0.3 is 53.7 Å². The average Bonchev–Trinajstić information content (AvgIpc) is 1.49. The van der Waals surface area contributed by atoms with Crippen LogP contribution in [0.5, 0.6) is 5.75 Å². The maximum Gasteiger partial charge on any atom is 0.292 e. The molecule has 0 fully saturated rings. The first-order valence-corrected chi connectivity index (χ1v) is 38.0. The van der Waals surface area contributed by atoms with Crippen LogP contribution in [0, 0.1) is 17.7 Å². The molecule has 110 heavy (non-hydrogen) atoms. The maximum atomic E-state index is 13.0. The summed E-state index contributed by atoms with van der Waals surface area (Å²) in [5, 5.41) is 42.9. The van der Waals surface area contributed by atoms with E-state index >= 15 is 0 Å². The number of benzene rings is 6. The van der Waals surface area contributed by atoms with Crippen molar-refractivity contribution in [1.29, 1.82) is 0 Å². The van der Waals surface area contributed by atoms with Gasteiger partial charge in [0.1, 0.15) is 46.5 Å². The van der Waals surface area contributed by atoms with Crippen molar-refractivity contribution < 1.29 is 60.8 Å². The molecule has 5 aromatic heterocycles. The molecule has 23 nitrogen and oxygen atoms in total. The van der Waals surface area contributed by atoms with Gasteiger partial charge in [-0.1, -0.05) is 179 Å². The summed E-state index contributed by atoms with van der Waals surface area (Å²) in [7, 11) is 1.63. The maximum absolute atomic E-state index is 13.0. The van der Waals surface area contributed by atoms with Crippen molar-refractivity contribution >= 4 is 46.8 Å². The van der Waals surface area contributed by atoms with Crippen LogP contribution in [-0.2, 0) is 77.3 Å². The summed E-state index contributed by atoms with van der Waals surface area (Å²) in [5.41, 5.74) is 17.3. The van der Waals surface area contributed by atoms with E-state index in [0.717, 1.165) is 206 Å². The Kier molecular flexibility index (Phi) is 27.0. The summed E-state index contributed by atoms with van der Waals surface area (Å²) >= 11 is 6.02. The Bertz CT molecular complexity index is 4870. The van der Waals surface area contributed by atoms with Gasteiger partial charge in [0.05, 0.1) is 29.9 Å². The minimum absolute atomic E-state index is 0.0420. The monoisotopic (exact) mass is 1510 g/mol. The van der Waals surface area contributed by atoms with Crippen molar-refractivity contribution in [2.75, 3.05) is 12.5 Å². The van der Waals surface area contributed by atoms with E-state index in [-0.39, 0.29) is 41.4 Å². The van der Waals surface area contributed by atoms with Crippen molar-refractivity contribution in [2.24, 2.45) is 11.8 Å². The van der Waals surface area contributed by atoms with Gasteiger partial charge in [0, 0.05) is 73.0 Å². The van der Waals surface area contributed by atoms with Gasteiger partial charge in [-0.2, -0.15) is 0 Å². The fourth-order valence-electron chi connectivity index (χ4n) is 14.0. The van der Waals surface area contributed by atoms with Crippen LogP contribution in [0.1, 0.15) is 227 Å². The predicted octanol–water partition coefficient (Wildman–Crippen LogP) is 15.4. The zero-order chi connectivity index (χ0) is 76.9. The van der Waals surface area contributed by atoms with Crippen molar-refractivity contribution in [2.45, 2.75) is 168 Å². The van der Waals surface area contributed by atoms with Crippen molar-refractivity contribution in [1.82, 2.24) is 52.5 Å². The number of para-hydroxylation sites is 1. The van der Waals surface area contributed by atoms with E-state index in [2.05, 4.69) is 71.7 Å². The summed E-state index contributed by atoms with van der Waals surface area (Å²) in [4.78, 5) is 61.9. The van der Waals surface area contributed by atoms with Crippen LogP contribution in [0.2, 0.25) is 5.02 Å². The fourth-order valence-corrected chi connectivity index (χ4v) is 14.2. The minimum Gasteiger partial charge on any atom is -0.497 e. The number of amides is 5. The summed E-state index contributed by atoms with van der Waals surface area (Å²) in [6.45, 7) is 7.13. The van der Waals surface area contributed by atoms with E-state index in [1.807, 2.05) is 134 Å². The van der Waals surface area contributed by atoms with Gasteiger partial charge in [-0.15, -0.1) is 0 Å². The molecule has 5 aliphatic carbocycles. The number of hydrazine groups is 1.